The third-order valence-electron chi connectivity index (χ3n) is 5.24. The first-order chi connectivity index (χ1) is 12.2. The Bertz CT molecular complexity index is 987. The predicted molar refractivity (Wildman–Crippen MR) is 110 cm³/mol. The summed E-state index contributed by atoms with van der Waals surface area (Å²) in [4.78, 5) is 6.34. The fourth-order valence-corrected chi connectivity index (χ4v) is 4.85. The van der Waals surface area contributed by atoms with Crippen molar-refractivity contribution in [3.63, 3.8) is 0 Å². The summed E-state index contributed by atoms with van der Waals surface area (Å²) >= 11 is 1.88. The smallest absolute Gasteiger partial charge is 0.107 e. The van der Waals surface area contributed by atoms with Crippen LogP contribution in [-0.2, 0) is 16.8 Å². The van der Waals surface area contributed by atoms with Crippen molar-refractivity contribution >= 4 is 38.5 Å². The maximum absolute atomic E-state index is 13.7. The summed E-state index contributed by atoms with van der Waals surface area (Å²) in [5.41, 5.74) is 2.00. The van der Waals surface area contributed by atoms with Crippen LogP contribution in [0.3, 0.4) is 0 Å². The molecule has 1 N–H and O–H groups in total. The average molecular weight is 372 g/mol. The van der Waals surface area contributed by atoms with E-state index in [9.17, 15) is 4.39 Å². The van der Waals surface area contributed by atoms with Gasteiger partial charge in [0.1, 0.15) is 10.5 Å². The van der Waals surface area contributed by atoms with Crippen LogP contribution in [0.2, 0.25) is 0 Å². The standard InChI is InChI=1S/C22H26FNOS/c1-21(2,23)11-12-25-22(3,4)14-9-10-15-17(13-14)24-20-19(15)16-7-5-6-8-18(16)26-20/h5,7,9-10,13,24H,6,8,11-12H2,1-4H3. The van der Waals surface area contributed by atoms with E-state index in [-0.39, 0.29) is 0 Å². The number of benzene rings is 1. The minimum Gasteiger partial charge on any atom is -0.371 e. The zero-order valence-electron chi connectivity index (χ0n) is 15.9. The van der Waals surface area contributed by atoms with Crippen LogP contribution in [0, 0.1) is 0 Å². The quantitative estimate of drug-likeness (QED) is 0.528. The zero-order valence-corrected chi connectivity index (χ0v) is 16.7. The molecule has 1 aliphatic carbocycles. The topological polar surface area (TPSA) is 25.0 Å². The maximum atomic E-state index is 13.7. The fraction of sp³-hybridized carbons (Fsp3) is 0.455. The molecule has 0 saturated heterocycles. The molecule has 0 saturated carbocycles. The molecule has 0 aliphatic heterocycles. The Balaban J connectivity index is 1.66. The molecule has 1 aliphatic rings. The zero-order chi connectivity index (χ0) is 18.5. The molecule has 2 nitrogen and oxygen atoms in total. The molecular formula is C22H26FNOS. The summed E-state index contributed by atoms with van der Waals surface area (Å²) in [5, 5.41) is 2.62. The van der Waals surface area contributed by atoms with Gasteiger partial charge in [0.25, 0.3) is 0 Å². The molecule has 138 valence electrons. The molecule has 1 aromatic carbocycles. The van der Waals surface area contributed by atoms with Gasteiger partial charge in [0.2, 0.25) is 0 Å². The van der Waals surface area contributed by atoms with E-state index in [0.29, 0.717) is 13.0 Å². The van der Waals surface area contributed by atoms with Crippen molar-refractivity contribution in [1.82, 2.24) is 4.98 Å². The molecular weight excluding hydrogens is 345 g/mol. The number of alkyl halides is 1. The van der Waals surface area contributed by atoms with Gasteiger partial charge in [0.15, 0.2) is 0 Å². The molecule has 26 heavy (non-hydrogen) atoms. The molecule has 0 spiro atoms. The van der Waals surface area contributed by atoms with Crippen LogP contribution in [0.4, 0.5) is 4.39 Å². The number of halogens is 1. The molecule has 0 amide bonds. The lowest BCUT2D eigenvalue weighted by molar-refractivity contribution is -0.0361. The molecule has 0 unspecified atom stereocenters. The first kappa shape index (κ1) is 17.7. The van der Waals surface area contributed by atoms with E-state index in [1.807, 2.05) is 11.3 Å². The number of allylic oxidation sites excluding steroid dienone is 1. The number of hydrogen-bond acceptors (Lipinski definition) is 2. The number of fused-ring (bicyclic) bond motifs is 5. The highest BCUT2D eigenvalue weighted by Gasteiger charge is 2.25. The van der Waals surface area contributed by atoms with Crippen LogP contribution in [0.1, 0.15) is 56.5 Å². The van der Waals surface area contributed by atoms with E-state index in [1.54, 1.807) is 13.8 Å². The first-order valence-corrected chi connectivity index (χ1v) is 10.1. The molecule has 2 aromatic heterocycles. The highest BCUT2D eigenvalue weighted by Crippen LogP contribution is 2.40. The van der Waals surface area contributed by atoms with Crippen LogP contribution >= 0.6 is 11.3 Å². The van der Waals surface area contributed by atoms with Gasteiger partial charge in [0, 0.05) is 27.6 Å². The Kier molecular flexibility index (Phi) is 4.24. The van der Waals surface area contributed by atoms with Crippen molar-refractivity contribution in [3.05, 3.63) is 40.3 Å². The second kappa shape index (κ2) is 6.21. The van der Waals surface area contributed by atoms with E-state index in [0.717, 1.165) is 23.9 Å². The molecule has 0 bridgehead atoms. The van der Waals surface area contributed by atoms with Crippen molar-refractivity contribution in [1.29, 1.82) is 0 Å². The van der Waals surface area contributed by atoms with E-state index >= 15 is 0 Å². The summed E-state index contributed by atoms with van der Waals surface area (Å²) in [6.07, 6.45) is 7.22. The second-order valence-corrected chi connectivity index (χ2v) is 9.40. The summed E-state index contributed by atoms with van der Waals surface area (Å²) in [6.45, 7) is 7.70. The van der Waals surface area contributed by atoms with Crippen molar-refractivity contribution in [2.75, 3.05) is 6.61 Å². The number of rotatable bonds is 5. The van der Waals surface area contributed by atoms with Crippen LogP contribution in [0.25, 0.3) is 27.2 Å². The third kappa shape index (κ3) is 3.21. The van der Waals surface area contributed by atoms with Crippen LogP contribution in [0.15, 0.2) is 24.3 Å². The largest absolute Gasteiger partial charge is 0.371 e. The predicted octanol–water partition coefficient (Wildman–Crippen LogP) is 6.73. The van der Waals surface area contributed by atoms with Crippen LogP contribution < -0.4 is 0 Å². The normalized spacial score (nSPS) is 15.1. The number of hydrogen-bond donors (Lipinski definition) is 1. The third-order valence-corrected chi connectivity index (χ3v) is 6.42. The van der Waals surface area contributed by atoms with Gasteiger partial charge in [-0.15, -0.1) is 11.3 Å². The Hall–Kier alpha value is -1.65. The van der Waals surface area contributed by atoms with E-state index < -0.39 is 11.3 Å². The summed E-state index contributed by atoms with van der Waals surface area (Å²) in [6, 6.07) is 6.53. The molecule has 4 heteroatoms. The Morgan fingerprint density at radius 3 is 2.81 bits per heavy atom. The second-order valence-electron chi connectivity index (χ2n) is 8.30. The maximum Gasteiger partial charge on any atom is 0.107 e. The van der Waals surface area contributed by atoms with Crippen molar-refractivity contribution in [3.8, 4) is 0 Å². The van der Waals surface area contributed by atoms with Gasteiger partial charge in [-0.25, -0.2) is 4.39 Å². The Morgan fingerprint density at radius 1 is 1.23 bits per heavy atom. The number of aromatic amines is 1. The molecule has 0 fully saturated rings. The van der Waals surface area contributed by atoms with Gasteiger partial charge in [-0.3, -0.25) is 0 Å². The van der Waals surface area contributed by atoms with E-state index in [4.69, 9.17) is 4.74 Å². The monoisotopic (exact) mass is 371 g/mol. The fourth-order valence-electron chi connectivity index (χ4n) is 3.62. The summed E-state index contributed by atoms with van der Waals surface area (Å²) < 4.78 is 19.7. The molecule has 3 aromatic rings. The van der Waals surface area contributed by atoms with Crippen LogP contribution in [-0.4, -0.2) is 17.3 Å². The average Bonchev–Trinajstić information content (AvgIpc) is 3.07. The van der Waals surface area contributed by atoms with Gasteiger partial charge in [-0.05, 0) is 57.7 Å². The van der Waals surface area contributed by atoms with Crippen molar-refractivity contribution in [2.24, 2.45) is 0 Å². The number of aryl methyl sites for hydroxylation is 1. The molecule has 0 atom stereocenters. The van der Waals surface area contributed by atoms with E-state index in [1.165, 1.54) is 26.0 Å². The highest BCUT2D eigenvalue weighted by atomic mass is 32.1. The van der Waals surface area contributed by atoms with E-state index in [2.05, 4.69) is 49.2 Å². The number of thiophene rings is 1. The number of H-pyrrole nitrogens is 1. The van der Waals surface area contributed by atoms with Crippen molar-refractivity contribution < 1.29 is 9.13 Å². The minimum atomic E-state index is -1.20. The summed E-state index contributed by atoms with van der Waals surface area (Å²) in [5.74, 6) is 0. The van der Waals surface area contributed by atoms with Crippen LogP contribution in [0.5, 0.6) is 0 Å². The highest BCUT2D eigenvalue weighted by molar-refractivity contribution is 7.19. The number of aromatic nitrogens is 1. The lowest BCUT2D eigenvalue weighted by Crippen LogP contribution is -2.25. The van der Waals surface area contributed by atoms with Gasteiger partial charge in [0.05, 0.1) is 12.2 Å². The van der Waals surface area contributed by atoms with Gasteiger partial charge < -0.3 is 9.72 Å². The molecule has 4 rings (SSSR count). The van der Waals surface area contributed by atoms with Crippen molar-refractivity contribution in [2.45, 2.75) is 58.2 Å². The Labute approximate surface area is 158 Å². The van der Waals surface area contributed by atoms with Gasteiger partial charge >= 0.3 is 0 Å². The minimum absolute atomic E-state index is 0.398. The molecule has 0 radical (unpaired) electrons. The lowest BCUT2D eigenvalue weighted by atomic mass is 9.95. The lowest BCUT2D eigenvalue weighted by Gasteiger charge is -2.27. The van der Waals surface area contributed by atoms with Gasteiger partial charge in [-0.2, -0.15) is 0 Å². The number of nitrogens with one attached hydrogen (secondary N) is 1. The SMILES string of the molecule is CC(C)(F)CCOC(C)(C)c1ccc2c(c1)[nH]c1sc3c(c12)C=CCC3. The molecule has 2 heterocycles. The first-order valence-electron chi connectivity index (χ1n) is 9.32. The van der Waals surface area contributed by atoms with Gasteiger partial charge in [-0.1, -0.05) is 24.3 Å². The Morgan fingerprint density at radius 2 is 2.04 bits per heavy atom. The number of ether oxygens (including phenoxy) is 1. The summed E-state index contributed by atoms with van der Waals surface area (Å²) in [7, 11) is 0.